The Labute approximate surface area is 659 Å². The number of aliphatic hydroxyl groups excluding tert-OH is 1. The summed E-state index contributed by atoms with van der Waals surface area (Å²) in [5.74, 6) is -29.2. The maximum Gasteiger partial charge on any atom is 0.335 e. The van der Waals surface area contributed by atoms with Crippen molar-refractivity contribution in [3.05, 3.63) is 36.0 Å². The number of cyclic esters (lactones) is 1. The highest BCUT2D eigenvalue weighted by Gasteiger charge is 2.43. The van der Waals surface area contributed by atoms with E-state index in [1.807, 2.05) is 10.6 Å². The number of carbonyl (C=O) groups is 20. The normalized spacial score (nSPS) is 21.7. The standard InChI is InChI=1S/C71H107N17O27/c1-33(2)17-11-9-10-12-21-47(90)78-43(27-37-30-75-39-19-14-13-18-38(37)39)64(105)81-42(23-25-51(95)96)63(104)86-55(57(99)59(74)100)68(109)85-54-36(6)115-71(113)53(34(3)4)84-62(103)41(22-24-50(93)94)82-65(106)44(28-46(73)89)79-48(91)31-76-67(108)56(58(114-8)70(111)112)87-61(102)40(20-15-16-26-72)80-66(107)45(29-52(97)98)83-60(101)35(5)77-49(92)32-88(7)69(54)110/h13-14,18-19,30,33-36,40-45,53-58,75,99H,9-12,15-17,20-29,31-32,72H2,1-8H3,(H2,73,89)(H2,74,100)(H,76,108)(H,77,92)(H,78,90)(H,79,91)(H,80,107)(H,81,105)(H,82,106)(H,83,101)(H,84,103)(H,85,109)(H,86,104)(H,87,102)(H,93,94)(H,95,96)(H,97,98)(H,111,112). The highest BCUT2D eigenvalue weighted by Crippen LogP contribution is 2.21. The minimum Gasteiger partial charge on any atom is -0.481 e. The van der Waals surface area contributed by atoms with E-state index in [9.17, 15) is 121 Å². The number of rotatable bonds is 36. The number of esters is 1. The molecule has 115 heavy (non-hydrogen) atoms. The van der Waals surface area contributed by atoms with E-state index in [2.05, 4.69) is 72.0 Å². The molecule has 14 atom stereocenters. The van der Waals surface area contributed by atoms with Crippen LogP contribution in [0.3, 0.4) is 0 Å². The van der Waals surface area contributed by atoms with E-state index in [1.54, 1.807) is 30.5 Å². The van der Waals surface area contributed by atoms with Gasteiger partial charge in [-0.05, 0) is 82.4 Å². The molecule has 44 heteroatoms. The number of H-pyrrole nitrogens is 1. The minimum absolute atomic E-state index is 0.00526. The first kappa shape index (κ1) is 97.2. The van der Waals surface area contributed by atoms with Crippen molar-refractivity contribution in [1.82, 2.24) is 73.7 Å². The third-order valence-corrected chi connectivity index (χ3v) is 18.0. The molecule has 0 radical (unpaired) electrons. The average molecular weight is 1630 g/mol. The molecule has 0 bridgehead atoms. The lowest BCUT2D eigenvalue weighted by Gasteiger charge is -2.32. The van der Waals surface area contributed by atoms with E-state index in [1.165, 1.54) is 13.8 Å². The number of carbonyl (C=O) groups excluding carboxylic acids is 16. The number of aliphatic hydroxyl groups is 1. The summed E-state index contributed by atoms with van der Waals surface area (Å²) in [6, 6.07) is -15.7. The van der Waals surface area contributed by atoms with E-state index in [-0.39, 0.29) is 38.6 Å². The topological polar surface area (TPSA) is 702 Å². The van der Waals surface area contributed by atoms with Crippen LogP contribution >= 0.6 is 0 Å². The van der Waals surface area contributed by atoms with E-state index >= 15 is 0 Å². The number of aliphatic carboxylic acids is 4. The van der Waals surface area contributed by atoms with Crippen molar-refractivity contribution in [2.75, 3.05) is 33.8 Å². The average Bonchev–Trinajstić information content (AvgIpc) is 1.71. The number of aromatic amines is 1. The molecule has 1 aromatic carbocycles. The van der Waals surface area contributed by atoms with Crippen molar-refractivity contribution in [2.45, 2.75) is 229 Å². The summed E-state index contributed by atoms with van der Waals surface area (Å²) in [5, 5.41) is 77.8. The summed E-state index contributed by atoms with van der Waals surface area (Å²) in [6.07, 6.45) is -7.94. The number of methoxy groups -OCH3 is 1. The van der Waals surface area contributed by atoms with Gasteiger partial charge in [0.2, 0.25) is 88.6 Å². The number of benzene rings is 1. The summed E-state index contributed by atoms with van der Waals surface area (Å²) in [4.78, 5) is 276. The molecule has 2 aromatic rings. The van der Waals surface area contributed by atoms with Gasteiger partial charge >= 0.3 is 29.8 Å². The number of likely N-dealkylation sites (N-methyl/N-ethyl adjacent to an activating group) is 1. The summed E-state index contributed by atoms with van der Waals surface area (Å²) >= 11 is 0. The second-order valence-electron chi connectivity index (χ2n) is 28.2. The molecule has 0 spiro atoms. The van der Waals surface area contributed by atoms with E-state index in [4.69, 9.17) is 26.7 Å². The number of fused-ring (bicyclic) bond motifs is 1. The zero-order chi connectivity index (χ0) is 86.7. The number of primary amides is 2. The third-order valence-electron chi connectivity index (χ3n) is 18.0. The number of ether oxygens (including phenoxy) is 2. The molecular weight excluding hydrogens is 1520 g/mol. The number of nitrogens with zero attached hydrogens (tertiary/aromatic N) is 1. The molecular formula is C71H107N17O27. The van der Waals surface area contributed by atoms with Crippen molar-refractivity contribution in [3.63, 3.8) is 0 Å². The molecule has 1 fully saturated rings. The fraction of sp³-hybridized carbons (Fsp3) is 0.606. The number of hydrogen-bond acceptors (Lipinski definition) is 24. The van der Waals surface area contributed by atoms with Gasteiger partial charge in [-0.1, -0.05) is 71.6 Å². The summed E-state index contributed by atoms with van der Waals surface area (Å²) in [7, 11) is 1.69. The maximum absolute atomic E-state index is 14.9. The summed E-state index contributed by atoms with van der Waals surface area (Å²) in [5.41, 5.74) is 17.7. The highest BCUT2D eigenvalue weighted by molar-refractivity contribution is 6.02. The van der Waals surface area contributed by atoms with E-state index in [0.29, 0.717) is 40.1 Å². The summed E-state index contributed by atoms with van der Waals surface area (Å²) in [6.45, 7) is 6.34. The molecule has 0 aliphatic carbocycles. The van der Waals surface area contributed by atoms with Crippen LogP contribution in [0.25, 0.3) is 10.9 Å². The molecule has 2 heterocycles. The predicted molar refractivity (Wildman–Crippen MR) is 399 cm³/mol. The number of para-hydroxylation sites is 1. The molecule has 1 aliphatic rings. The van der Waals surface area contributed by atoms with Gasteiger partial charge in [-0.15, -0.1) is 0 Å². The molecule has 15 amide bonds. The number of aromatic nitrogens is 1. The third kappa shape index (κ3) is 33.3. The number of nitrogens with two attached hydrogens (primary N) is 3. The first-order valence-electron chi connectivity index (χ1n) is 37.0. The van der Waals surface area contributed by atoms with Gasteiger partial charge in [0.25, 0.3) is 0 Å². The van der Waals surface area contributed by atoms with Crippen LogP contribution in [0.5, 0.6) is 0 Å². The number of amides is 15. The van der Waals surface area contributed by atoms with Gasteiger partial charge in [-0.2, -0.15) is 0 Å². The Morgan fingerprint density at radius 1 is 0.609 bits per heavy atom. The monoisotopic (exact) mass is 1630 g/mol. The van der Waals surface area contributed by atoms with Crippen LogP contribution in [-0.4, -0.2) is 272 Å². The highest BCUT2D eigenvalue weighted by atomic mass is 16.5. The SMILES string of the molecule is COC(C(=O)O)C1NC(=O)C(CCCCN)NC(=O)C(CC(=O)O)NC(=O)C(C)NC(=O)CN(C)C(=O)C(NC(=O)C(NC(=O)C(CCC(=O)O)NC(=O)C(Cc2c[nH]c3ccccc23)NC(=O)CCCCCCC(C)C)C(O)C(N)=O)C(C)OC(=O)C(C(C)C)NC(=O)C(CCC(=O)O)NC(=O)C(CC(N)=O)NC(=O)CNC1=O. The van der Waals surface area contributed by atoms with Crippen LogP contribution < -0.4 is 81.0 Å². The molecule has 44 nitrogen and oxygen atoms in total. The lowest BCUT2D eigenvalue weighted by Crippen LogP contribution is -2.64. The van der Waals surface area contributed by atoms with Crippen LogP contribution in [-0.2, 0) is 112 Å². The second-order valence-corrected chi connectivity index (χ2v) is 28.2. The zero-order valence-corrected chi connectivity index (χ0v) is 65.0. The van der Waals surface area contributed by atoms with Crippen molar-refractivity contribution in [2.24, 2.45) is 29.0 Å². The Kier molecular flexibility index (Phi) is 40.7. The quantitative estimate of drug-likeness (QED) is 0.0223. The Bertz CT molecular complexity index is 3830. The largest absolute Gasteiger partial charge is 0.481 e. The lowest BCUT2D eigenvalue weighted by atomic mass is 10.0. The second kappa shape index (κ2) is 48.2. The lowest BCUT2D eigenvalue weighted by molar-refractivity contribution is -0.159. The Balaban J connectivity index is 2.26. The smallest absolute Gasteiger partial charge is 0.335 e. The van der Waals surface area contributed by atoms with Crippen LogP contribution in [0, 0.1) is 11.8 Å². The molecule has 1 aliphatic heterocycles. The first-order valence-corrected chi connectivity index (χ1v) is 37.0. The summed E-state index contributed by atoms with van der Waals surface area (Å²) < 4.78 is 10.7. The van der Waals surface area contributed by atoms with Crippen molar-refractivity contribution < 1.29 is 131 Å². The molecule has 1 saturated heterocycles. The van der Waals surface area contributed by atoms with Crippen LogP contribution in [0.15, 0.2) is 30.5 Å². The molecule has 1 aromatic heterocycles. The van der Waals surface area contributed by atoms with Crippen LogP contribution in [0.4, 0.5) is 0 Å². The number of carboxylic acid groups (broad SMARTS) is 4. The van der Waals surface area contributed by atoms with Crippen molar-refractivity contribution in [1.29, 1.82) is 0 Å². The van der Waals surface area contributed by atoms with Crippen molar-refractivity contribution in [3.8, 4) is 0 Å². The molecule has 0 saturated carbocycles. The van der Waals surface area contributed by atoms with Crippen LogP contribution in [0.1, 0.15) is 143 Å². The molecule has 638 valence electrons. The molecule has 14 unspecified atom stereocenters. The van der Waals surface area contributed by atoms with Gasteiger partial charge < -0.3 is 126 Å². The molecule has 3 rings (SSSR count). The van der Waals surface area contributed by atoms with Crippen molar-refractivity contribution >= 4 is 129 Å². The van der Waals surface area contributed by atoms with Crippen LogP contribution in [0.2, 0.25) is 0 Å². The Morgan fingerprint density at radius 3 is 1.77 bits per heavy atom. The fourth-order valence-electron chi connectivity index (χ4n) is 11.7. The van der Waals surface area contributed by atoms with Gasteiger partial charge in [0.05, 0.1) is 25.9 Å². The number of hydrogen-bond donors (Lipinski definition) is 21. The Hall–Kier alpha value is -12.0. The number of carboxylic acids is 4. The predicted octanol–water partition coefficient (Wildman–Crippen LogP) is -6.61. The number of unbranched alkanes of at least 4 members (excludes halogenated alkanes) is 4. The van der Waals surface area contributed by atoms with Gasteiger partial charge in [0.1, 0.15) is 72.6 Å². The van der Waals surface area contributed by atoms with E-state index < -0.39 is 261 Å². The van der Waals surface area contributed by atoms with Gasteiger partial charge in [0.15, 0.2) is 12.2 Å². The Morgan fingerprint density at radius 2 is 1.19 bits per heavy atom. The first-order chi connectivity index (χ1) is 54.0. The van der Waals surface area contributed by atoms with E-state index in [0.717, 1.165) is 47.3 Å². The number of nitrogens with one attached hydrogen (secondary N) is 13. The van der Waals surface area contributed by atoms with Gasteiger partial charge in [-0.3, -0.25) is 86.3 Å². The minimum atomic E-state index is -2.80. The fourth-order valence-corrected chi connectivity index (χ4v) is 11.7. The van der Waals surface area contributed by atoms with Gasteiger partial charge in [-0.25, -0.2) is 9.59 Å². The molecule has 24 N–H and O–H groups in total. The zero-order valence-electron chi connectivity index (χ0n) is 65.0. The van der Waals surface area contributed by atoms with Gasteiger partial charge in [0, 0.05) is 56.9 Å². The maximum atomic E-state index is 14.9.